The Kier molecular flexibility index (Phi) is 6.60. The predicted octanol–water partition coefficient (Wildman–Crippen LogP) is 4.59. The van der Waals surface area contributed by atoms with E-state index in [1.54, 1.807) is 53.4 Å². The monoisotopic (exact) mass is 444 g/mol. The third-order valence-electron chi connectivity index (χ3n) is 5.11. The van der Waals surface area contributed by atoms with Crippen molar-refractivity contribution in [3.05, 3.63) is 60.0 Å². The molecule has 8 nitrogen and oxygen atoms in total. The van der Waals surface area contributed by atoms with Crippen LogP contribution in [0.3, 0.4) is 0 Å². The van der Waals surface area contributed by atoms with E-state index in [0.717, 1.165) is 12.8 Å². The lowest BCUT2D eigenvalue weighted by molar-refractivity contribution is 0.0817. The highest BCUT2D eigenvalue weighted by molar-refractivity contribution is 5.89. The number of ether oxygens (including phenoxy) is 1. The van der Waals surface area contributed by atoms with E-state index < -0.39 is 12.3 Å². The number of aromatic hydroxyl groups is 1. The van der Waals surface area contributed by atoms with E-state index in [-0.39, 0.29) is 30.3 Å². The van der Waals surface area contributed by atoms with Crippen LogP contribution in [0.5, 0.6) is 5.75 Å². The zero-order chi connectivity index (χ0) is 22.5. The maximum atomic E-state index is 13.0. The molecule has 3 aromatic rings. The maximum absolute atomic E-state index is 13.0. The molecule has 0 saturated carbocycles. The fraction of sp³-hybridized carbons (Fsp3) is 0.318. The van der Waals surface area contributed by atoms with Crippen molar-refractivity contribution in [2.75, 3.05) is 18.5 Å². The van der Waals surface area contributed by atoms with E-state index in [1.165, 1.54) is 0 Å². The molecule has 1 unspecified atom stereocenters. The van der Waals surface area contributed by atoms with Gasteiger partial charge in [-0.2, -0.15) is 13.8 Å². The molecule has 10 heteroatoms. The second-order valence-corrected chi connectivity index (χ2v) is 7.41. The Balaban J connectivity index is 1.46. The fourth-order valence-electron chi connectivity index (χ4n) is 3.45. The predicted molar refractivity (Wildman–Crippen MR) is 111 cm³/mol. The molecule has 168 valence electrons. The van der Waals surface area contributed by atoms with Gasteiger partial charge in [0.1, 0.15) is 5.75 Å². The van der Waals surface area contributed by atoms with Crippen LogP contribution in [0.15, 0.2) is 53.1 Å². The third kappa shape index (κ3) is 5.20. The lowest BCUT2D eigenvalue weighted by atomic mass is 10.1. The molecule has 1 atom stereocenters. The molecular formula is C22H22F2N4O4. The number of para-hydroxylation sites is 1. The number of nitrogens with one attached hydrogen (secondary N) is 1. The number of urea groups is 1. The second-order valence-electron chi connectivity index (χ2n) is 7.41. The van der Waals surface area contributed by atoms with Gasteiger partial charge in [-0.25, -0.2) is 4.79 Å². The van der Waals surface area contributed by atoms with E-state index in [2.05, 4.69) is 20.0 Å². The van der Waals surface area contributed by atoms with Crippen molar-refractivity contribution in [3.8, 4) is 17.1 Å². The Labute approximate surface area is 182 Å². The largest absolute Gasteiger partial charge is 0.508 e. The quantitative estimate of drug-likeness (QED) is 0.553. The summed E-state index contributed by atoms with van der Waals surface area (Å²) in [4.78, 5) is 18.2. The smallest absolute Gasteiger partial charge is 0.322 e. The van der Waals surface area contributed by atoms with Gasteiger partial charge in [0.15, 0.2) is 0 Å². The van der Waals surface area contributed by atoms with Gasteiger partial charge in [-0.05, 0) is 43.2 Å². The molecule has 2 amide bonds. The Bertz CT molecular complexity index is 1050. The van der Waals surface area contributed by atoms with E-state index in [4.69, 9.17) is 4.74 Å². The Morgan fingerprint density at radius 3 is 2.66 bits per heavy atom. The summed E-state index contributed by atoms with van der Waals surface area (Å²) in [5.41, 5.74) is 1.61. The summed E-state index contributed by atoms with van der Waals surface area (Å²) >= 11 is 0. The summed E-state index contributed by atoms with van der Waals surface area (Å²) in [5, 5.41) is 16.5. The number of phenolic OH excluding ortho intramolecular Hbond substituents is 1. The highest BCUT2D eigenvalue weighted by Crippen LogP contribution is 2.24. The van der Waals surface area contributed by atoms with Gasteiger partial charge in [-0.15, -0.1) is 0 Å². The average Bonchev–Trinajstić information content (AvgIpc) is 3.47. The summed E-state index contributed by atoms with van der Waals surface area (Å²) in [7, 11) is 0. The number of amides is 2. The number of hydrogen-bond donors (Lipinski definition) is 2. The molecule has 0 aliphatic carbocycles. The van der Waals surface area contributed by atoms with Crippen LogP contribution in [0.2, 0.25) is 0 Å². The first kappa shape index (κ1) is 21.7. The van der Waals surface area contributed by atoms with Gasteiger partial charge in [-0.3, -0.25) is 0 Å². The first-order chi connectivity index (χ1) is 15.5. The number of phenols is 1. The van der Waals surface area contributed by atoms with E-state index >= 15 is 0 Å². The van der Waals surface area contributed by atoms with E-state index in [9.17, 15) is 18.7 Å². The summed E-state index contributed by atoms with van der Waals surface area (Å²) in [6, 6.07) is 13.0. The number of carbonyl (C=O) groups is 1. The third-order valence-corrected chi connectivity index (χ3v) is 5.11. The zero-order valence-electron chi connectivity index (χ0n) is 17.1. The van der Waals surface area contributed by atoms with Crippen LogP contribution in [0.25, 0.3) is 11.4 Å². The number of aromatic nitrogens is 2. The summed E-state index contributed by atoms with van der Waals surface area (Å²) in [6.07, 6.45) is -1.09. The van der Waals surface area contributed by atoms with Crippen LogP contribution in [-0.4, -0.2) is 45.4 Å². The molecule has 1 saturated heterocycles. The second kappa shape index (κ2) is 9.73. The molecule has 2 heterocycles. The van der Waals surface area contributed by atoms with E-state index in [1.807, 2.05) is 0 Å². The lowest BCUT2D eigenvalue weighted by Gasteiger charge is -2.26. The molecule has 4 rings (SSSR count). The van der Waals surface area contributed by atoms with Crippen molar-refractivity contribution in [2.45, 2.75) is 31.9 Å². The first-order valence-electron chi connectivity index (χ1n) is 10.2. The number of rotatable bonds is 7. The number of alkyl halides is 2. The molecular weight excluding hydrogens is 422 g/mol. The highest BCUT2D eigenvalue weighted by atomic mass is 19.3. The van der Waals surface area contributed by atoms with Crippen molar-refractivity contribution in [3.63, 3.8) is 0 Å². The van der Waals surface area contributed by atoms with Gasteiger partial charge in [0.2, 0.25) is 5.82 Å². The van der Waals surface area contributed by atoms with Crippen LogP contribution in [0, 0.1) is 0 Å². The van der Waals surface area contributed by atoms with Crippen LogP contribution in [0.1, 0.15) is 30.7 Å². The molecule has 2 N–H and O–H groups in total. The van der Waals surface area contributed by atoms with Crippen molar-refractivity contribution in [1.82, 2.24) is 15.0 Å². The van der Waals surface area contributed by atoms with Gasteiger partial charge in [0.05, 0.1) is 12.6 Å². The molecule has 1 aliphatic rings. The number of carbonyl (C=O) groups excluding carboxylic acids is 1. The van der Waals surface area contributed by atoms with Crippen LogP contribution in [0.4, 0.5) is 19.3 Å². The molecule has 2 aromatic carbocycles. The first-order valence-corrected chi connectivity index (χ1v) is 10.2. The molecule has 32 heavy (non-hydrogen) atoms. The van der Waals surface area contributed by atoms with Gasteiger partial charge >= 0.3 is 12.5 Å². The molecule has 1 aromatic heterocycles. The minimum Gasteiger partial charge on any atom is -0.508 e. The SMILES string of the molecule is O=C(Nc1ccc(-c2noc(C(F)F)n2)cc1)N(Cc1ccccc1O)CC1CCCO1. The van der Waals surface area contributed by atoms with Crippen molar-refractivity contribution >= 4 is 11.7 Å². The Hall–Kier alpha value is -3.53. The van der Waals surface area contributed by atoms with Crippen molar-refractivity contribution < 1.29 is 27.9 Å². The summed E-state index contributed by atoms with van der Waals surface area (Å²) < 4.78 is 35.5. The number of nitrogens with zero attached hydrogens (tertiary/aromatic N) is 3. The van der Waals surface area contributed by atoms with Crippen molar-refractivity contribution in [1.29, 1.82) is 0 Å². The summed E-state index contributed by atoms with van der Waals surface area (Å²) in [6.45, 7) is 1.27. The average molecular weight is 444 g/mol. The van der Waals surface area contributed by atoms with Crippen LogP contribution in [-0.2, 0) is 11.3 Å². The number of halogens is 2. The van der Waals surface area contributed by atoms with Gasteiger partial charge in [0.25, 0.3) is 5.89 Å². The minimum absolute atomic E-state index is 0.0396. The number of benzene rings is 2. The zero-order valence-corrected chi connectivity index (χ0v) is 17.1. The molecule has 0 spiro atoms. The standard InChI is InChI=1S/C22H22F2N4O4/c23-19(24)21-26-20(27-32-21)14-7-9-16(10-8-14)25-22(30)28(13-17-5-3-11-31-17)12-15-4-1-2-6-18(15)29/h1-2,4,6-10,17,19,29H,3,5,11-13H2,(H,25,30). The van der Waals surface area contributed by atoms with Crippen LogP contribution < -0.4 is 5.32 Å². The Morgan fingerprint density at radius 2 is 2.00 bits per heavy atom. The fourth-order valence-corrected chi connectivity index (χ4v) is 3.45. The highest BCUT2D eigenvalue weighted by Gasteiger charge is 2.24. The van der Waals surface area contributed by atoms with Crippen molar-refractivity contribution in [2.24, 2.45) is 0 Å². The van der Waals surface area contributed by atoms with Gasteiger partial charge < -0.3 is 24.6 Å². The maximum Gasteiger partial charge on any atom is 0.322 e. The normalized spacial score (nSPS) is 15.8. The minimum atomic E-state index is -2.84. The Morgan fingerprint density at radius 1 is 1.22 bits per heavy atom. The van der Waals surface area contributed by atoms with Gasteiger partial charge in [0, 0.05) is 30.0 Å². The molecule has 0 bridgehead atoms. The van der Waals surface area contributed by atoms with Gasteiger partial charge in [-0.1, -0.05) is 23.4 Å². The molecule has 0 radical (unpaired) electrons. The summed E-state index contributed by atoms with van der Waals surface area (Å²) in [5.74, 6) is -0.589. The van der Waals surface area contributed by atoms with Crippen LogP contribution >= 0.6 is 0 Å². The lowest BCUT2D eigenvalue weighted by Crippen LogP contribution is -2.39. The topological polar surface area (TPSA) is 101 Å². The number of hydrogen-bond acceptors (Lipinski definition) is 6. The molecule has 1 fully saturated rings. The molecule has 1 aliphatic heterocycles. The number of anilines is 1. The van der Waals surface area contributed by atoms with E-state index in [0.29, 0.717) is 30.0 Å².